The number of H-pyrrole nitrogens is 1. The monoisotopic (exact) mass is 494 g/mol. The predicted octanol–water partition coefficient (Wildman–Crippen LogP) is 6.43. The molecule has 8 heteroatoms. The van der Waals surface area contributed by atoms with E-state index < -0.39 is 11.0 Å². The molecule has 1 aliphatic rings. The van der Waals surface area contributed by atoms with Gasteiger partial charge in [0.25, 0.3) is 5.91 Å². The molecule has 3 heterocycles. The van der Waals surface area contributed by atoms with Crippen LogP contribution in [0.5, 0.6) is 0 Å². The Balaban J connectivity index is 0.000000868. The smallest absolute Gasteiger partial charge is 0.255 e. The van der Waals surface area contributed by atoms with Crippen LogP contribution in [0.3, 0.4) is 0 Å². The number of nitrogens with one attached hydrogen (secondary N) is 2. The largest absolute Gasteiger partial charge is 0.346 e. The van der Waals surface area contributed by atoms with Gasteiger partial charge >= 0.3 is 0 Å². The Labute approximate surface area is 206 Å². The van der Waals surface area contributed by atoms with Crippen LogP contribution in [0.15, 0.2) is 66.9 Å². The van der Waals surface area contributed by atoms with E-state index in [0.29, 0.717) is 22.0 Å². The number of aromatic amines is 1. The highest BCUT2D eigenvalue weighted by Crippen LogP contribution is 2.31. The number of hydrogen-bond acceptors (Lipinski definition) is 3. The summed E-state index contributed by atoms with van der Waals surface area (Å²) in [7, 11) is -0.978. The summed E-state index contributed by atoms with van der Waals surface area (Å²) in [4.78, 5) is 20.5. The molecule has 2 aromatic heterocycles. The van der Waals surface area contributed by atoms with E-state index in [0.717, 1.165) is 40.9 Å². The number of amides is 1. The van der Waals surface area contributed by atoms with Gasteiger partial charge in [0.05, 0.1) is 10.7 Å². The zero-order valence-corrected chi connectivity index (χ0v) is 20.7. The first-order valence-electron chi connectivity index (χ1n) is 11.3. The third kappa shape index (κ3) is 5.32. The Bertz CT molecular complexity index is 1320. The lowest BCUT2D eigenvalue weighted by Crippen LogP contribution is -2.19. The van der Waals surface area contributed by atoms with Gasteiger partial charge in [-0.25, -0.2) is 9.19 Å². The van der Waals surface area contributed by atoms with Gasteiger partial charge in [-0.2, -0.15) is 0 Å². The van der Waals surface area contributed by atoms with E-state index in [-0.39, 0.29) is 5.91 Å². The van der Waals surface area contributed by atoms with Crippen LogP contribution in [0.25, 0.3) is 22.3 Å². The van der Waals surface area contributed by atoms with E-state index in [1.165, 1.54) is 6.42 Å². The number of pyridine rings is 1. The molecule has 1 amide bonds. The van der Waals surface area contributed by atoms with Crippen molar-refractivity contribution in [2.24, 2.45) is 0 Å². The molecule has 1 saturated heterocycles. The number of nitrogens with zero attached hydrogens (tertiary/aromatic N) is 2. The molecule has 0 saturated carbocycles. The molecule has 176 valence electrons. The van der Waals surface area contributed by atoms with Crippen molar-refractivity contribution in [1.29, 1.82) is 0 Å². The second kappa shape index (κ2) is 10.8. The molecule has 1 aliphatic heterocycles. The topological polar surface area (TPSA) is 78.1 Å². The van der Waals surface area contributed by atoms with Gasteiger partial charge in [-0.3, -0.25) is 9.10 Å². The molecule has 34 heavy (non-hydrogen) atoms. The molecule has 0 spiro atoms. The summed E-state index contributed by atoms with van der Waals surface area (Å²) < 4.78 is 13.9. The van der Waals surface area contributed by atoms with E-state index >= 15 is 0 Å². The number of anilines is 2. The molecule has 0 radical (unpaired) electrons. The fraction of sp³-hybridized carbons (Fsp3) is 0.231. The minimum absolute atomic E-state index is 0.227. The third-order valence-corrected chi connectivity index (χ3v) is 7.11. The van der Waals surface area contributed by atoms with E-state index in [1.54, 1.807) is 24.3 Å². The molecule has 0 aliphatic carbocycles. The van der Waals surface area contributed by atoms with Crippen molar-refractivity contribution in [3.63, 3.8) is 0 Å². The Morgan fingerprint density at radius 3 is 2.59 bits per heavy atom. The highest BCUT2D eigenvalue weighted by molar-refractivity contribution is 7.86. The number of benzene rings is 2. The number of carbonyl (C=O) groups is 1. The molecule has 2 aromatic carbocycles. The van der Waals surface area contributed by atoms with E-state index in [9.17, 15) is 9.00 Å². The number of halogens is 1. The molecule has 1 unspecified atom stereocenters. The van der Waals surface area contributed by atoms with Crippen LogP contribution in [0.1, 0.15) is 37.0 Å². The van der Waals surface area contributed by atoms with Crippen molar-refractivity contribution in [3.8, 4) is 11.3 Å². The number of carbonyl (C=O) groups excluding carboxylic acids is 1. The predicted molar refractivity (Wildman–Crippen MR) is 142 cm³/mol. The van der Waals surface area contributed by atoms with Crippen LogP contribution < -0.4 is 9.62 Å². The van der Waals surface area contributed by atoms with Gasteiger partial charge in [-0.05, 0) is 67.1 Å². The normalized spacial score (nSPS) is 15.1. The molecule has 6 nitrogen and oxygen atoms in total. The Kier molecular flexibility index (Phi) is 7.65. The summed E-state index contributed by atoms with van der Waals surface area (Å²) in [6, 6.07) is 18.3. The Morgan fingerprint density at radius 2 is 1.88 bits per heavy atom. The van der Waals surface area contributed by atoms with Crippen molar-refractivity contribution >= 4 is 50.9 Å². The molecule has 5 rings (SSSR count). The molecular formula is C26H27ClN4O2S. The zero-order chi connectivity index (χ0) is 24.1. The lowest BCUT2D eigenvalue weighted by Gasteiger charge is -2.16. The molecule has 2 N–H and O–H groups in total. The number of rotatable bonds is 4. The van der Waals surface area contributed by atoms with Crippen LogP contribution in [0, 0.1) is 0 Å². The maximum Gasteiger partial charge on any atom is 0.255 e. The highest BCUT2D eigenvalue weighted by Gasteiger charge is 2.20. The van der Waals surface area contributed by atoms with Crippen molar-refractivity contribution in [3.05, 3.63) is 77.4 Å². The standard InChI is InChI=1S/C23H19ClN4O2S.C3H8/c24-20-8-5-17(14-19(20)21-9-4-15-10-11-25-22(15)27-21)26-23(29)16-2-6-18(7-3-16)28-12-1-13-31(28)30;1-3-2/h2-11,14H,1,12-13H2,(H,25,27)(H,26,29);3H2,1-2H3. The SMILES string of the molecule is CCC.O=C(Nc1ccc(Cl)c(-c2ccc3cc[nH]c3n2)c1)c1ccc(N2CCCS2=O)cc1. The van der Waals surface area contributed by atoms with Gasteiger partial charge in [0.1, 0.15) is 16.6 Å². The summed E-state index contributed by atoms with van der Waals surface area (Å²) in [5, 5.41) is 4.49. The van der Waals surface area contributed by atoms with Crippen molar-refractivity contribution in [1.82, 2.24) is 9.97 Å². The number of aromatic nitrogens is 2. The molecule has 0 bridgehead atoms. The minimum atomic E-state index is -0.978. The number of hydrogen-bond donors (Lipinski definition) is 2. The summed E-state index contributed by atoms with van der Waals surface area (Å²) in [5.41, 5.74) is 4.26. The Morgan fingerprint density at radius 1 is 1.12 bits per heavy atom. The van der Waals surface area contributed by atoms with Crippen LogP contribution in [0.4, 0.5) is 11.4 Å². The average molecular weight is 495 g/mol. The fourth-order valence-electron chi connectivity index (χ4n) is 3.65. The van der Waals surface area contributed by atoms with Crippen molar-refractivity contribution in [2.45, 2.75) is 26.7 Å². The van der Waals surface area contributed by atoms with Gasteiger partial charge in [0, 0.05) is 46.4 Å². The highest BCUT2D eigenvalue weighted by atomic mass is 35.5. The average Bonchev–Trinajstić information content (AvgIpc) is 3.49. The molecule has 4 aromatic rings. The van der Waals surface area contributed by atoms with E-state index in [2.05, 4.69) is 29.1 Å². The van der Waals surface area contributed by atoms with Crippen LogP contribution in [-0.2, 0) is 11.0 Å². The fourth-order valence-corrected chi connectivity index (χ4v) is 5.15. The lowest BCUT2D eigenvalue weighted by atomic mass is 10.1. The van der Waals surface area contributed by atoms with Crippen LogP contribution >= 0.6 is 11.6 Å². The molecular weight excluding hydrogens is 468 g/mol. The zero-order valence-electron chi connectivity index (χ0n) is 19.2. The maximum atomic E-state index is 12.7. The van der Waals surface area contributed by atoms with Crippen LogP contribution in [-0.4, -0.2) is 32.4 Å². The lowest BCUT2D eigenvalue weighted by molar-refractivity contribution is 0.102. The maximum absolute atomic E-state index is 12.7. The molecule has 1 atom stereocenters. The van der Waals surface area contributed by atoms with E-state index in [1.807, 2.05) is 46.9 Å². The van der Waals surface area contributed by atoms with Crippen molar-refractivity contribution in [2.75, 3.05) is 21.9 Å². The van der Waals surface area contributed by atoms with E-state index in [4.69, 9.17) is 11.6 Å². The van der Waals surface area contributed by atoms with Gasteiger partial charge in [-0.1, -0.05) is 31.9 Å². The minimum Gasteiger partial charge on any atom is -0.346 e. The van der Waals surface area contributed by atoms with Gasteiger partial charge < -0.3 is 10.3 Å². The van der Waals surface area contributed by atoms with Gasteiger partial charge in [0.15, 0.2) is 0 Å². The number of fused-ring (bicyclic) bond motifs is 1. The first-order valence-corrected chi connectivity index (χ1v) is 13.0. The third-order valence-electron chi connectivity index (χ3n) is 5.25. The van der Waals surface area contributed by atoms with Crippen molar-refractivity contribution < 1.29 is 9.00 Å². The summed E-state index contributed by atoms with van der Waals surface area (Å²) in [6.45, 7) is 5.02. The van der Waals surface area contributed by atoms with Crippen LogP contribution in [0.2, 0.25) is 5.02 Å². The summed E-state index contributed by atoms with van der Waals surface area (Å²) in [6.07, 6.45) is 4.01. The summed E-state index contributed by atoms with van der Waals surface area (Å²) >= 11 is 6.41. The first kappa shape index (κ1) is 24.0. The molecule has 1 fully saturated rings. The quantitative estimate of drug-likeness (QED) is 0.343. The first-order chi connectivity index (χ1) is 16.5. The second-order valence-corrected chi connectivity index (χ2v) is 9.90. The van der Waals surface area contributed by atoms with Gasteiger partial charge in [0.2, 0.25) is 0 Å². The Hall–Kier alpha value is -3.16. The second-order valence-electron chi connectivity index (χ2n) is 8.00. The van der Waals surface area contributed by atoms with Gasteiger partial charge in [-0.15, -0.1) is 0 Å². The summed E-state index contributed by atoms with van der Waals surface area (Å²) in [5.74, 6) is 0.461.